The van der Waals surface area contributed by atoms with E-state index >= 15 is 0 Å². The zero-order valence-corrected chi connectivity index (χ0v) is 10.5. The van der Waals surface area contributed by atoms with Crippen LogP contribution in [0.1, 0.15) is 33.1 Å². The Morgan fingerprint density at radius 2 is 2.17 bits per heavy atom. The van der Waals surface area contributed by atoms with Crippen molar-refractivity contribution in [3.8, 4) is 0 Å². The minimum atomic E-state index is 0.146. The zero-order chi connectivity index (χ0) is 9.24. The van der Waals surface area contributed by atoms with E-state index in [1.165, 1.54) is 19.3 Å². The fourth-order valence-corrected chi connectivity index (χ4v) is 2.42. The summed E-state index contributed by atoms with van der Waals surface area (Å²) in [6, 6.07) is 0. The first-order valence-corrected chi connectivity index (χ1v) is 5.79. The quantitative estimate of drug-likeness (QED) is 0.466. The summed E-state index contributed by atoms with van der Waals surface area (Å²) in [6.07, 6.45) is 5.82. The van der Waals surface area contributed by atoms with Gasteiger partial charge in [-0.1, -0.05) is 19.9 Å². The maximum Gasteiger partial charge on any atom is 0.0568 e. The van der Waals surface area contributed by atoms with Crippen LogP contribution in [0.4, 0.5) is 0 Å². The molecule has 1 atom stereocenters. The molecule has 0 spiro atoms. The molecule has 2 heteroatoms. The van der Waals surface area contributed by atoms with Gasteiger partial charge in [0.25, 0.3) is 0 Å². The van der Waals surface area contributed by atoms with E-state index < -0.39 is 0 Å². The Balaban J connectivity index is 2.74. The molecule has 12 heavy (non-hydrogen) atoms. The maximum atomic E-state index is 5.91. The van der Waals surface area contributed by atoms with Crippen molar-refractivity contribution in [1.82, 2.24) is 0 Å². The third-order valence-corrected chi connectivity index (χ3v) is 5.42. The summed E-state index contributed by atoms with van der Waals surface area (Å²) in [6.45, 7) is 9.31. The van der Waals surface area contributed by atoms with Crippen LogP contribution in [0, 0.1) is 5.41 Å². The lowest BCUT2D eigenvalue weighted by molar-refractivity contribution is -0.0719. The van der Waals surface area contributed by atoms with Crippen molar-refractivity contribution < 1.29 is 4.74 Å². The van der Waals surface area contributed by atoms with Crippen molar-refractivity contribution in [3.63, 3.8) is 0 Å². The predicted molar refractivity (Wildman–Crippen MR) is 56.5 cm³/mol. The van der Waals surface area contributed by atoms with Crippen LogP contribution in [-0.2, 0) is 4.74 Å². The molecule has 1 heterocycles. The second kappa shape index (κ2) is 3.34. The molecule has 0 radical (unpaired) electrons. The molecule has 1 aliphatic heterocycles. The molecule has 1 rings (SSSR count). The van der Waals surface area contributed by atoms with Gasteiger partial charge in [0.15, 0.2) is 0 Å². The summed E-state index contributed by atoms with van der Waals surface area (Å²) in [5, 5.41) is 0.146. The number of ether oxygens (including phenoxy) is 1. The summed E-state index contributed by atoms with van der Waals surface area (Å²) in [7, 11) is 1.10. The SMILES string of the molecule is C=CC(C)(C)C1([SiH3])CCCCO1. The lowest BCUT2D eigenvalue weighted by Crippen LogP contribution is -2.48. The number of hydrogen-bond donors (Lipinski definition) is 0. The van der Waals surface area contributed by atoms with Crippen molar-refractivity contribution in [3.05, 3.63) is 12.7 Å². The Labute approximate surface area is 78.6 Å². The fourth-order valence-electron chi connectivity index (χ4n) is 1.66. The van der Waals surface area contributed by atoms with E-state index in [4.69, 9.17) is 4.74 Å². The molecule has 0 bridgehead atoms. The van der Waals surface area contributed by atoms with Crippen LogP contribution in [0.5, 0.6) is 0 Å². The molecule has 70 valence electrons. The highest BCUT2D eigenvalue weighted by molar-refractivity contribution is 6.15. The average molecular weight is 184 g/mol. The van der Waals surface area contributed by atoms with Crippen molar-refractivity contribution in [2.75, 3.05) is 6.61 Å². The van der Waals surface area contributed by atoms with Crippen molar-refractivity contribution >= 4 is 10.2 Å². The van der Waals surface area contributed by atoms with Gasteiger partial charge in [0.1, 0.15) is 0 Å². The number of hydrogen-bond acceptors (Lipinski definition) is 1. The molecule has 1 aliphatic rings. The van der Waals surface area contributed by atoms with Gasteiger partial charge in [-0.2, -0.15) is 0 Å². The molecular weight excluding hydrogens is 164 g/mol. The first kappa shape index (κ1) is 10.0. The van der Waals surface area contributed by atoms with E-state index in [9.17, 15) is 0 Å². The maximum absolute atomic E-state index is 5.91. The minimum Gasteiger partial charge on any atom is -0.379 e. The van der Waals surface area contributed by atoms with Crippen molar-refractivity contribution in [1.29, 1.82) is 0 Å². The zero-order valence-electron chi connectivity index (χ0n) is 8.52. The normalized spacial score (nSPS) is 31.8. The molecule has 0 aliphatic carbocycles. The van der Waals surface area contributed by atoms with Gasteiger partial charge in [-0.05, 0) is 19.3 Å². The molecule has 1 saturated heterocycles. The van der Waals surface area contributed by atoms with E-state index in [1.54, 1.807) is 0 Å². The first-order chi connectivity index (χ1) is 5.52. The smallest absolute Gasteiger partial charge is 0.0568 e. The summed E-state index contributed by atoms with van der Waals surface area (Å²) in [4.78, 5) is 0. The van der Waals surface area contributed by atoms with E-state index in [1.807, 2.05) is 6.08 Å². The molecule has 0 N–H and O–H groups in total. The molecular formula is C10H20OSi. The van der Waals surface area contributed by atoms with Gasteiger partial charge in [0, 0.05) is 22.3 Å². The van der Waals surface area contributed by atoms with Crippen LogP contribution in [0.2, 0.25) is 0 Å². The Morgan fingerprint density at radius 3 is 2.58 bits per heavy atom. The van der Waals surface area contributed by atoms with Crippen molar-refractivity contribution in [2.24, 2.45) is 5.41 Å². The van der Waals surface area contributed by atoms with Gasteiger partial charge in [0.05, 0.1) is 5.22 Å². The highest BCUT2D eigenvalue weighted by Crippen LogP contribution is 2.38. The Bertz CT molecular complexity index is 169. The summed E-state index contributed by atoms with van der Waals surface area (Å²) < 4.78 is 5.91. The largest absolute Gasteiger partial charge is 0.379 e. The molecule has 1 fully saturated rings. The Kier molecular flexibility index (Phi) is 2.79. The van der Waals surface area contributed by atoms with E-state index in [0.717, 1.165) is 16.8 Å². The summed E-state index contributed by atoms with van der Waals surface area (Å²) in [5.41, 5.74) is 0.152. The van der Waals surface area contributed by atoms with E-state index in [0.29, 0.717) is 0 Å². The lowest BCUT2D eigenvalue weighted by Gasteiger charge is -2.45. The lowest BCUT2D eigenvalue weighted by atomic mass is 9.82. The summed E-state index contributed by atoms with van der Waals surface area (Å²) in [5.74, 6) is 0. The van der Waals surface area contributed by atoms with Gasteiger partial charge in [-0.3, -0.25) is 0 Å². The van der Waals surface area contributed by atoms with Gasteiger partial charge >= 0.3 is 0 Å². The van der Waals surface area contributed by atoms with Crippen molar-refractivity contribution in [2.45, 2.75) is 38.3 Å². The Hall–Kier alpha value is -0.0831. The highest BCUT2D eigenvalue weighted by atomic mass is 28.1. The second-order valence-corrected chi connectivity index (χ2v) is 6.08. The van der Waals surface area contributed by atoms with Crippen LogP contribution in [0.3, 0.4) is 0 Å². The Morgan fingerprint density at radius 1 is 1.50 bits per heavy atom. The van der Waals surface area contributed by atoms with Gasteiger partial charge in [-0.15, -0.1) is 6.58 Å². The van der Waals surface area contributed by atoms with Crippen LogP contribution in [0.15, 0.2) is 12.7 Å². The fraction of sp³-hybridized carbons (Fsp3) is 0.800. The molecule has 0 aromatic rings. The third kappa shape index (κ3) is 1.64. The molecule has 0 amide bonds. The molecule has 1 nitrogen and oxygen atoms in total. The molecule has 0 saturated carbocycles. The first-order valence-electron chi connectivity index (χ1n) is 4.79. The second-order valence-electron chi connectivity index (χ2n) is 4.46. The van der Waals surface area contributed by atoms with E-state index in [2.05, 4.69) is 20.4 Å². The average Bonchev–Trinajstić information content (AvgIpc) is 2.06. The topological polar surface area (TPSA) is 9.23 Å². The molecule has 0 aromatic heterocycles. The van der Waals surface area contributed by atoms with Gasteiger partial charge in [-0.25, -0.2) is 0 Å². The van der Waals surface area contributed by atoms with Gasteiger partial charge in [0.2, 0.25) is 0 Å². The van der Waals surface area contributed by atoms with Crippen LogP contribution in [-0.4, -0.2) is 22.1 Å². The van der Waals surface area contributed by atoms with Crippen LogP contribution < -0.4 is 0 Å². The van der Waals surface area contributed by atoms with E-state index in [-0.39, 0.29) is 10.6 Å². The molecule has 1 unspecified atom stereocenters. The molecule has 0 aromatic carbocycles. The van der Waals surface area contributed by atoms with Crippen LogP contribution in [0.25, 0.3) is 0 Å². The standard InChI is InChI=1S/C10H20OSi/c1-4-9(2,3)10(12)7-5-6-8-11-10/h4H,1,5-8H2,2-3,12H3. The van der Waals surface area contributed by atoms with Gasteiger partial charge < -0.3 is 4.74 Å². The minimum absolute atomic E-state index is 0.146. The monoisotopic (exact) mass is 184 g/mol. The third-order valence-electron chi connectivity index (χ3n) is 3.34. The predicted octanol–water partition coefficient (Wildman–Crippen LogP) is 1.46. The van der Waals surface area contributed by atoms with Crippen LogP contribution >= 0.6 is 0 Å². The number of rotatable bonds is 2. The summed E-state index contributed by atoms with van der Waals surface area (Å²) >= 11 is 0. The highest BCUT2D eigenvalue weighted by Gasteiger charge is 2.40.